The lowest BCUT2D eigenvalue weighted by atomic mass is 10.1. The Balaban J connectivity index is 2.67. The molecular formula is C15H22N2O4S. The molecule has 1 aromatic rings. The molecule has 1 rings (SSSR count). The zero-order valence-electron chi connectivity index (χ0n) is 13.0. The number of sulfonamides is 1. The molecule has 7 heteroatoms. The highest BCUT2D eigenvalue weighted by molar-refractivity contribution is 7.89. The lowest BCUT2D eigenvalue weighted by Crippen LogP contribution is -2.40. The highest BCUT2D eigenvalue weighted by Gasteiger charge is 2.21. The maximum atomic E-state index is 12.1. The van der Waals surface area contributed by atoms with Crippen LogP contribution in [0.15, 0.2) is 41.8 Å². The average molecular weight is 326 g/mol. The summed E-state index contributed by atoms with van der Waals surface area (Å²) in [5.41, 5.74) is -0.558. The first-order chi connectivity index (χ1) is 10.1. The number of amides is 1. The lowest BCUT2D eigenvalue weighted by Gasteiger charge is -2.20. The molecule has 0 aliphatic rings. The van der Waals surface area contributed by atoms with E-state index >= 15 is 0 Å². The fraction of sp³-hybridized carbons (Fsp3) is 0.400. The van der Waals surface area contributed by atoms with Crippen molar-refractivity contribution in [1.29, 1.82) is 0 Å². The molecule has 0 aliphatic carbocycles. The molecule has 0 heterocycles. The first-order valence-electron chi connectivity index (χ1n) is 6.78. The summed E-state index contributed by atoms with van der Waals surface area (Å²) in [6.45, 7) is 9.03. The van der Waals surface area contributed by atoms with Crippen molar-refractivity contribution < 1.29 is 17.9 Å². The number of carbonyl (C=O) groups is 1. The highest BCUT2D eigenvalue weighted by Crippen LogP contribution is 2.17. The van der Waals surface area contributed by atoms with Gasteiger partial charge in [-0.3, -0.25) is 4.79 Å². The topological polar surface area (TPSA) is 84.5 Å². The van der Waals surface area contributed by atoms with Crippen molar-refractivity contribution in [2.75, 3.05) is 13.2 Å². The van der Waals surface area contributed by atoms with Gasteiger partial charge in [-0.25, -0.2) is 13.1 Å². The van der Waals surface area contributed by atoms with Crippen LogP contribution in [-0.4, -0.2) is 33.0 Å². The molecule has 0 radical (unpaired) electrons. The third kappa shape index (κ3) is 6.28. The van der Waals surface area contributed by atoms with Gasteiger partial charge in [0.05, 0.1) is 4.90 Å². The number of ether oxygens (including phenoxy) is 1. The number of carbonyl (C=O) groups excluding carboxylic acids is 1. The number of benzene rings is 1. The van der Waals surface area contributed by atoms with Crippen LogP contribution in [0.2, 0.25) is 0 Å². The normalized spacial score (nSPS) is 11.8. The fourth-order valence-electron chi connectivity index (χ4n) is 1.56. The molecule has 22 heavy (non-hydrogen) atoms. The monoisotopic (exact) mass is 326 g/mol. The molecule has 0 fully saturated rings. The van der Waals surface area contributed by atoms with Crippen LogP contribution in [0.1, 0.15) is 20.8 Å². The predicted molar refractivity (Wildman–Crippen MR) is 85.2 cm³/mol. The first kappa shape index (κ1) is 18.2. The van der Waals surface area contributed by atoms with Crippen LogP contribution >= 0.6 is 0 Å². The van der Waals surface area contributed by atoms with E-state index in [2.05, 4.69) is 16.6 Å². The van der Waals surface area contributed by atoms with Crippen molar-refractivity contribution in [1.82, 2.24) is 10.0 Å². The molecule has 0 atom stereocenters. The molecule has 0 saturated carbocycles. The SMILES string of the molecule is C=CCNC(=O)COc1ccc(S(=O)(=O)NC(C)(C)C)cc1. The Morgan fingerprint density at radius 2 is 1.86 bits per heavy atom. The summed E-state index contributed by atoms with van der Waals surface area (Å²) < 4.78 is 32.1. The molecule has 0 spiro atoms. The zero-order valence-corrected chi connectivity index (χ0v) is 13.9. The zero-order chi connectivity index (χ0) is 16.8. The minimum atomic E-state index is -3.57. The van der Waals surface area contributed by atoms with Gasteiger partial charge in [-0.15, -0.1) is 6.58 Å². The third-order valence-electron chi connectivity index (χ3n) is 2.39. The Morgan fingerprint density at radius 3 is 2.36 bits per heavy atom. The molecule has 0 aliphatic heterocycles. The molecule has 0 unspecified atom stereocenters. The largest absolute Gasteiger partial charge is 0.484 e. The van der Waals surface area contributed by atoms with Crippen LogP contribution in [0.3, 0.4) is 0 Å². The second kappa shape index (κ2) is 7.42. The van der Waals surface area contributed by atoms with Crippen LogP contribution in [0.25, 0.3) is 0 Å². The van der Waals surface area contributed by atoms with Gasteiger partial charge in [0.15, 0.2) is 6.61 Å². The van der Waals surface area contributed by atoms with Gasteiger partial charge in [0.1, 0.15) is 5.75 Å². The van der Waals surface area contributed by atoms with E-state index < -0.39 is 15.6 Å². The Kier molecular flexibility index (Phi) is 6.13. The van der Waals surface area contributed by atoms with E-state index in [-0.39, 0.29) is 17.4 Å². The summed E-state index contributed by atoms with van der Waals surface area (Å²) in [7, 11) is -3.57. The second-order valence-corrected chi connectivity index (χ2v) is 7.39. The molecule has 6 nitrogen and oxygen atoms in total. The Hall–Kier alpha value is -1.86. The lowest BCUT2D eigenvalue weighted by molar-refractivity contribution is -0.122. The standard InChI is InChI=1S/C15H22N2O4S/c1-5-10-16-14(18)11-21-12-6-8-13(9-7-12)22(19,20)17-15(2,3)4/h5-9,17H,1,10-11H2,2-4H3,(H,16,18). The van der Waals surface area contributed by atoms with Crippen molar-refractivity contribution in [3.05, 3.63) is 36.9 Å². The third-order valence-corrected chi connectivity index (χ3v) is 4.16. The van der Waals surface area contributed by atoms with Crippen molar-refractivity contribution in [2.24, 2.45) is 0 Å². The van der Waals surface area contributed by atoms with E-state index in [9.17, 15) is 13.2 Å². The van der Waals surface area contributed by atoms with Crippen LogP contribution < -0.4 is 14.8 Å². The minimum absolute atomic E-state index is 0.139. The van der Waals surface area contributed by atoms with Gasteiger partial charge in [0.2, 0.25) is 10.0 Å². The number of nitrogens with one attached hydrogen (secondary N) is 2. The first-order valence-corrected chi connectivity index (χ1v) is 8.27. The van der Waals surface area contributed by atoms with E-state index in [0.717, 1.165) is 0 Å². The number of hydrogen-bond acceptors (Lipinski definition) is 4. The molecular weight excluding hydrogens is 304 g/mol. The summed E-state index contributed by atoms with van der Waals surface area (Å²) in [4.78, 5) is 11.5. The van der Waals surface area contributed by atoms with Gasteiger partial charge < -0.3 is 10.1 Å². The van der Waals surface area contributed by atoms with Crippen molar-refractivity contribution in [3.8, 4) is 5.75 Å². The Morgan fingerprint density at radius 1 is 1.27 bits per heavy atom. The molecule has 1 aromatic carbocycles. The Labute approximate surface area is 131 Å². The van der Waals surface area contributed by atoms with E-state index in [1.165, 1.54) is 24.3 Å². The van der Waals surface area contributed by atoms with Crippen LogP contribution in [0.5, 0.6) is 5.75 Å². The maximum Gasteiger partial charge on any atom is 0.258 e. The summed E-state index contributed by atoms with van der Waals surface area (Å²) in [6.07, 6.45) is 1.57. The maximum absolute atomic E-state index is 12.1. The summed E-state index contributed by atoms with van der Waals surface area (Å²) >= 11 is 0. The summed E-state index contributed by atoms with van der Waals surface area (Å²) in [5.74, 6) is 0.148. The Bertz CT molecular complexity index is 616. The molecule has 2 N–H and O–H groups in total. The van der Waals surface area contributed by atoms with E-state index in [1.54, 1.807) is 26.8 Å². The highest BCUT2D eigenvalue weighted by atomic mass is 32.2. The summed E-state index contributed by atoms with van der Waals surface area (Å²) in [5, 5.41) is 2.58. The van der Waals surface area contributed by atoms with Crippen molar-refractivity contribution in [2.45, 2.75) is 31.2 Å². The van der Waals surface area contributed by atoms with Crippen LogP contribution in [-0.2, 0) is 14.8 Å². The van der Waals surface area contributed by atoms with E-state index in [0.29, 0.717) is 12.3 Å². The smallest absolute Gasteiger partial charge is 0.258 e. The van der Waals surface area contributed by atoms with Gasteiger partial charge in [0.25, 0.3) is 5.91 Å². The quantitative estimate of drug-likeness (QED) is 0.743. The van der Waals surface area contributed by atoms with Gasteiger partial charge in [0, 0.05) is 12.1 Å². The van der Waals surface area contributed by atoms with E-state index in [4.69, 9.17) is 4.74 Å². The van der Waals surface area contributed by atoms with Gasteiger partial charge >= 0.3 is 0 Å². The summed E-state index contributed by atoms with van der Waals surface area (Å²) in [6, 6.07) is 5.89. The van der Waals surface area contributed by atoms with Gasteiger partial charge in [-0.2, -0.15) is 0 Å². The van der Waals surface area contributed by atoms with Crippen LogP contribution in [0.4, 0.5) is 0 Å². The van der Waals surface area contributed by atoms with E-state index in [1.807, 2.05) is 0 Å². The van der Waals surface area contributed by atoms with Gasteiger partial charge in [-0.1, -0.05) is 6.08 Å². The van der Waals surface area contributed by atoms with Crippen LogP contribution in [0, 0.1) is 0 Å². The second-order valence-electron chi connectivity index (χ2n) is 5.71. The molecule has 0 saturated heterocycles. The predicted octanol–water partition coefficient (Wildman–Crippen LogP) is 1.44. The van der Waals surface area contributed by atoms with Crippen molar-refractivity contribution >= 4 is 15.9 Å². The van der Waals surface area contributed by atoms with Gasteiger partial charge in [-0.05, 0) is 45.0 Å². The minimum Gasteiger partial charge on any atom is -0.484 e. The number of rotatable bonds is 7. The van der Waals surface area contributed by atoms with Crippen molar-refractivity contribution in [3.63, 3.8) is 0 Å². The molecule has 122 valence electrons. The molecule has 0 aromatic heterocycles. The fourth-order valence-corrected chi connectivity index (χ4v) is 2.98. The average Bonchev–Trinajstić information content (AvgIpc) is 2.40. The number of hydrogen-bond donors (Lipinski definition) is 2. The molecule has 0 bridgehead atoms. The molecule has 1 amide bonds.